The Hall–Kier alpha value is -1.47. The zero-order chi connectivity index (χ0) is 17.2. The summed E-state index contributed by atoms with van der Waals surface area (Å²) in [5, 5.41) is 0.845. The van der Waals surface area contributed by atoms with E-state index >= 15 is 0 Å². The highest BCUT2D eigenvalue weighted by Gasteiger charge is 2.27. The highest BCUT2D eigenvalue weighted by Crippen LogP contribution is 2.29. The summed E-state index contributed by atoms with van der Waals surface area (Å²) in [6.45, 7) is -0.554. The smallest absolute Gasteiger partial charge is 0.264 e. The van der Waals surface area contributed by atoms with E-state index in [1.807, 2.05) is 0 Å². The Morgan fingerprint density at radius 1 is 0.957 bits per heavy atom. The third kappa shape index (κ3) is 4.29. The fraction of sp³-hybridized carbons (Fsp3) is 0.0714. The number of primary amides is 1. The Labute approximate surface area is 148 Å². The first-order chi connectivity index (χ1) is 10.7. The topological polar surface area (TPSA) is 80.5 Å². The van der Waals surface area contributed by atoms with Crippen LogP contribution < -0.4 is 10.0 Å². The summed E-state index contributed by atoms with van der Waals surface area (Å²) in [5.41, 5.74) is 5.31. The molecule has 0 atom stereocenters. The first-order valence-electron chi connectivity index (χ1n) is 6.23. The fourth-order valence-electron chi connectivity index (χ4n) is 1.87. The first-order valence-corrected chi connectivity index (χ1v) is 8.80. The second-order valence-electron chi connectivity index (χ2n) is 4.56. The summed E-state index contributed by atoms with van der Waals surface area (Å²) in [4.78, 5) is 11.3. The number of anilines is 1. The molecular weight excluding hydrogens is 383 g/mol. The molecule has 9 heteroatoms. The van der Waals surface area contributed by atoms with Crippen molar-refractivity contribution in [3.05, 3.63) is 57.5 Å². The largest absolute Gasteiger partial charge is 0.368 e. The van der Waals surface area contributed by atoms with Crippen molar-refractivity contribution in [3.8, 4) is 0 Å². The minimum atomic E-state index is -4.04. The van der Waals surface area contributed by atoms with Crippen LogP contribution in [0.25, 0.3) is 0 Å². The van der Waals surface area contributed by atoms with Gasteiger partial charge in [0.15, 0.2) is 0 Å². The van der Waals surface area contributed by atoms with Gasteiger partial charge in [-0.15, -0.1) is 0 Å². The quantitative estimate of drug-likeness (QED) is 0.846. The van der Waals surface area contributed by atoms with Gasteiger partial charge >= 0.3 is 0 Å². The van der Waals surface area contributed by atoms with E-state index in [1.165, 1.54) is 42.5 Å². The minimum Gasteiger partial charge on any atom is -0.368 e. The number of carbonyl (C=O) groups excluding carboxylic acids is 1. The predicted octanol–water partition coefficient (Wildman–Crippen LogP) is 3.33. The van der Waals surface area contributed by atoms with Crippen molar-refractivity contribution in [2.75, 3.05) is 10.8 Å². The van der Waals surface area contributed by atoms with Crippen LogP contribution in [0.5, 0.6) is 0 Å². The van der Waals surface area contributed by atoms with Crippen molar-refractivity contribution >= 4 is 56.4 Å². The van der Waals surface area contributed by atoms with Crippen LogP contribution >= 0.6 is 34.8 Å². The molecule has 0 saturated heterocycles. The Morgan fingerprint density at radius 3 is 1.96 bits per heavy atom. The molecular formula is C14H11Cl3N2O3S. The summed E-state index contributed by atoms with van der Waals surface area (Å²) in [5.74, 6) is -0.821. The number of carbonyl (C=O) groups is 1. The van der Waals surface area contributed by atoms with E-state index in [0.717, 1.165) is 4.31 Å². The van der Waals surface area contributed by atoms with E-state index < -0.39 is 22.5 Å². The van der Waals surface area contributed by atoms with Gasteiger partial charge in [-0.3, -0.25) is 9.10 Å². The number of hydrogen-bond acceptors (Lipinski definition) is 3. The van der Waals surface area contributed by atoms with Crippen molar-refractivity contribution in [3.63, 3.8) is 0 Å². The molecule has 2 aromatic rings. The van der Waals surface area contributed by atoms with Crippen LogP contribution in [-0.4, -0.2) is 20.9 Å². The molecule has 0 fully saturated rings. The van der Waals surface area contributed by atoms with Gasteiger partial charge in [0.25, 0.3) is 10.0 Å². The van der Waals surface area contributed by atoms with Crippen molar-refractivity contribution in [1.29, 1.82) is 0 Å². The van der Waals surface area contributed by atoms with Crippen molar-refractivity contribution in [1.82, 2.24) is 0 Å². The molecule has 122 valence electrons. The van der Waals surface area contributed by atoms with Gasteiger partial charge in [-0.25, -0.2) is 8.42 Å². The number of benzene rings is 2. The van der Waals surface area contributed by atoms with E-state index in [1.54, 1.807) is 0 Å². The predicted molar refractivity (Wildman–Crippen MR) is 91.6 cm³/mol. The van der Waals surface area contributed by atoms with Gasteiger partial charge < -0.3 is 5.73 Å². The molecule has 0 aliphatic heterocycles. The average Bonchev–Trinajstić information content (AvgIpc) is 2.43. The lowest BCUT2D eigenvalue weighted by Crippen LogP contribution is -2.38. The summed E-state index contributed by atoms with van der Waals surface area (Å²) < 4.78 is 26.4. The Kier molecular flexibility index (Phi) is 5.41. The number of halogens is 3. The summed E-state index contributed by atoms with van der Waals surface area (Å²) in [7, 11) is -4.04. The van der Waals surface area contributed by atoms with Crippen LogP contribution in [0.1, 0.15) is 0 Å². The van der Waals surface area contributed by atoms with Gasteiger partial charge in [0, 0.05) is 15.1 Å². The molecule has 1 amide bonds. The SMILES string of the molecule is NC(=O)CN(c1cc(Cl)cc(Cl)c1)S(=O)(=O)c1ccc(Cl)cc1. The first kappa shape index (κ1) is 17.9. The van der Waals surface area contributed by atoms with Gasteiger partial charge in [-0.1, -0.05) is 34.8 Å². The molecule has 2 aromatic carbocycles. The molecule has 23 heavy (non-hydrogen) atoms. The van der Waals surface area contributed by atoms with Crippen molar-refractivity contribution in [2.45, 2.75) is 4.90 Å². The van der Waals surface area contributed by atoms with Crippen LogP contribution in [0.15, 0.2) is 47.4 Å². The molecule has 0 unspecified atom stereocenters. The number of hydrogen-bond donors (Lipinski definition) is 1. The summed E-state index contributed by atoms with van der Waals surface area (Å²) in [6, 6.07) is 9.73. The van der Waals surface area contributed by atoms with Crippen LogP contribution in [0.4, 0.5) is 5.69 Å². The molecule has 0 aliphatic carbocycles. The number of nitrogens with zero attached hydrogens (tertiary/aromatic N) is 1. The van der Waals surface area contributed by atoms with Crippen LogP contribution in [-0.2, 0) is 14.8 Å². The Bertz CT molecular complexity index is 819. The Morgan fingerprint density at radius 2 is 1.48 bits per heavy atom. The summed E-state index contributed by atoms with van der Waals surface area (Å²) >= 11 is 17.6. The normalized spacial score (nSPS) is 11.3. The number of amides is 1. The van der Waals surface area contributed by atoms with E-state index in [4.69, 9.17) is 40.5 Å². The molecule has 2 rings (SSSR count). The lowest BCUT2D eigenvalue weighted by atomic mass is 10.3. The molecule has 0 bridgehead atoms. The molecule has 0 aromatic heterocycles. The zero-order valence-electron chi connectivity index (χ0n) is 11.5. The van der Waals surface area contributed by atoms with Gasteiger partial charge in [-0.2, -0.15) is 0 Å². The monoisotopic (exact) mass is 392 g/mol. The van der Waals surface area contributed by atoms with Gasteiger partial charge in [0.1, 0.15) is 6.54 Å². The molecule has 0 aliphatic rings. The van der Waals surface area contributed by atoms with Gasteiger partial charge in [-0.05, 0) is 42.5 Å². The number of sulfonamides is 1. The number of rotatable bonds is 5. The second kappa shape index (κ2) is 6.97. The summed E-state index contributed by atoms with van der Waals surface area (Å²) in [6.07, 6.45) is 0. The highest BCUT2D eigenvalue weighted by molar-refractivity contribution is 7.92. The Balaban J connectivity index is 2.57. The van der Waals surface area contributed by atoms with Crippen LogP contribution in [0.3, 0.4) is 0 Å². The van der Waals surface area contributed by atoms with E-state index in [2.05, 4.69) is 0 Å². The van der Waals surface area contributed by atoms with Crippen molar-refractivity contribution in [2.24, 2.45) is 5.73 Å². The highest BCUT2D eigenvalue weighted by atomic mass is 35.5. The third-order valence-corrected chi connectivity index (χ3v) is 5.31. The van der Waals surface area contributed by atoms with Gasteiger partial charge in [0.05, 0.1) is 10.6 Å². The van der Waals surface area contributed by atoms with E-state index in [-0.39, 0.29) is 20.6 Å². The van der Waals surface area contributed by atoms with E-state index in [9.17, 15) is 13.2 Å². The standard InChI is InChI=1S/C14H11Cl3N2O3S/c15-9-1-3-13(4-2-9)23(21,22)19(8-14(18)20)12-6-10(16)5-11(17)7-12/h1-7H,8H2,(H2,18,20). The minimum absolute atomic E-state index is 0.0424. The second-order valence-corrected chi connectivity index (χ2v) is 7.73. The average molecular weight is 394 g/mol. The van der Waals surface area contributed by atoms with Gasteiger partial charge in [0.2, 0.25) is 5.91 Å². The lowest BCUT2D eigenvalue weighted by Gasteiger charge is -2.23. The molecule has 0 saturated carbocycles. The molecule has 2 N–H and O–H groups in total. The maximum atomic E-state index is 12.8. The third-order valence-electron chi connectivity index (χ3n) is 2.84. The zero-order valence-corrected chi connectivity index (χ0v) is 14.6. The maximum absolute atomic E-state index is 12.8. The maximum Gasteiger partial charge on any atom is 0.264 e. The van der Waals surface area contributed by atoms with Crippen molar-refractivity contribution < 1.29 is 13.2 Å². The molecule has 0 spiro atoms. The fourth-order valence-corrected chi connectivity index (χ4v) is 3.93. The molecule has 0 heterocycles. The van der Waals surface area contributed by atoms with E-state index in [0.29, 0.717) is 5.02 Å². The number of nitrogens with two attached hydrogens (primary N) is 1. The van der Waals surface area contributed by atoms with Crippen LogP contribution in [0, 0.1) is 0 Å². The van der Waals surface area contributed by atoms with Crippen LogP contribution in [0.2, 0.25) is 15.1 Å². The molecule has 5 nitrogen and oxygen atoms in total. The molecule has 0 radical (unpaired) electrons. The lowest BCUT2D eigenvalue weighted by molar-refractivity contribution is -0.116.